The number of likely N-dealkylation sites (tertiary alicyclic amines) is 1. The molecule has 0 aromatic rings. The minimum atomic E-state index is 0. The second-order valence-corrected chi connectivity index (χ2v) is 8.19. The molecule has 2 fully saturated rings. The van der Waals surface area contributed by atoms with Gasteiger partial charge in [-0.25, -0.2) is 0 Å². The summed E-state index contributed by atoms with van der Waals surface area (Å²) in [6, 6.07) is 0.574. The summed E-state index contributed by atoms with van der Waals surface area (Å²) in [5, 5.41) is 6.89. The van der Waals surface area contributed by atoms with Crippen molar-refractivity contribution in [1.29, 1.82) is 0 Å². The first kappa shape index (κ1) is 26.9. The molecule has 2 N–H and O–H groups in total. The molecular weight excluding hydrogens is 479 g/mol. The van der Waals surface area contributed by atoms with E-state index in [1.165, 1.54) is 38.8 Å². The monoisotopic (exact) mass is 524 g/mol. The number of nitrogens with one attached hydrogen (secondary N) is 2. The zero-order valence-electron chi connectivity index (χ0n) is 19.0. The third-order valence-corrected chi connectivity index (χ3v) is 6.12. The lowest BCUT2D eigenvalue weighted by molar-refractivity contribution is 0.0888. The van der Waals surface area contributed by atoms with Gasteiger partial charge in [0.2, 0.25) is 0 Å². The highest BCUT2D eigenvalue weighted by Gasteiger charge is 2.27. The second-order valence-electron chi connectivity index (χ2n) is 8.19. The van der Waals surface area contributed by atoms with Gasteiger partial charge in [-0.15, -0.1) is 24.0 Å². The van der Waals surface area contributed by atoms with E-state index < -0.39 is 0 Å². The van der Waals surface area contributed by atoms with E-state index >= 15 is 0 Å². The molecule has 0 aromatic heterocycles. The van der Waals surface area contributed by atoms with Crippen molar-refractivity contribution in [3.05, 3.63) is 0 Å². The maximum Gasteiger partial charge on any atom is 0.191 e. The van der Waals surface area contributed by atoms with E-state index in [2.05, 4.69) is 36.3 Å². The summed E-state index contributed by atoms with van der Waals surface area (Å²) in [5.41, 5.74) is 0. The normalized spacial score (nSPS) is 21.4. The highest BCUT2D eigenvalue weighted by molar-refractivity contribution is 14.0. The quantitative estimate of drug-likeness (QED) is 0.167. The molecule has 2 heterocycles. The maximum absolute atomic E-state index is 5.80. The van der Waals surface area contributed by atoms with Crippen molar-refractivity contribution in [1.82, 2.24) is 15.5 Å². The Morgan fingerprint density at radius 3 is 2.55 bits per heavy atom. The standard InChI is InChI=1S/C22H44N4O2.HI/c1-4-20(5-2)21(26-12-7-8-13-26)16-25-22(23-6-3)24-11-9-14-27-17-19-10-15-28-18-19;/h19-21H,4-18H2,1-3H3,(H2,23,24,25);1H. The first-order chi connectivity index (χ1) is 13.8. The number of halogens is 1. The summed E-state index contributed by atoms with van der Waals surface area (Å²) in [7, 11) is 0. The molecule has 0 amide bonds. The largest absolute Gasteiger partial charge is 0.381 e. The number of guanidine groups is 1. The van der Waals surface area contributed by atoms with E-state index in [0.29, 0.717) is 12.0 Å². The predicted molar refractivity (Wildman–Crippen MR) is 132 cm³/mol. The lowest BCUT2D eigenvalue weighted by Crippen LogP contribution is -2.43. The van der Waals surface area contributed by atoms with Gasteiger partial charge in [-0.3, -0.25) is 9.89 Å². The number of hydrogen-bond acceptors (Lipinski definition) is 4. The highest BCUT2D eigenvalue weighted by atomic mass is 127. The summed E-state index contributed by atoms with van der Waals surface area (Å²) in [5.74, 6) is 2.28. The van der Waals surface area contributed by atoms with Crippen LogP contribution in [0.2, 0.25) is 0 Å². The predicted octanol–water partition coefficient (Wildman–Crippen LogP) is 3.50. The fraction of sp³-hybridized carbons (Fsp3) is 0.955. The minimum absolute atomic E-state index is 0. The first-order valence-corrected chi connectivity index (χ1v) is 11.7. The Bertz CT molecular complexity index is 421. The molecule has 0 aromatic carbocycles. The average molecular weight is 525 g/mol. The number of rotatable bonds is 13. The van der Waals surface area contributed by atoms with E-state index in [-0.39, 0.29) is 24.0 Å². The fourth-order valence-electron chi connectivity index (χ4n) is 4.34. The van der Waals surface area contributed by atoms with Gasteiger partial charge in [-0.2, -0.15) is 0 Å². The van der Waals surface area contributed by atoms with Gasteiger partial charge in [0.25, 0.3) is 0 Å². The van der Waals surface area contributed by atoms with Gasteiger partial charge in [0, 0.05) is 38.3 Å². The van der Waals surface area contributed by atoms with Crippen LogP contribution in [0.3, 0.4) is 0 Å². The Morgan fingerprint density at radius 1 is 1.17 bits per heavy atom. The fourth-order valence-corrected chi connectivity index (χ4v) is 4.34. The van der Waals surface area contributed by atoms with Crippen LogP contribution in [0.1, 0.15) is 59.3 Å². The van der Waals surface area contributed by atoms with E-state index in [0.717, 1.165) is 70.8 Å². The van der Waals surface area contributed by atoms with Crippen molar-refractivity contribution in [3.8, 4) is 0 Å². The van der Waals surface area contributed by atoms with Crippen LogP contribution in [0.5, 0.6) is 0 Å². The van der Waals surface area contributed by atoms with Crippen LogP contribution < -0.4 is 10.6 Å². The van der Waals surface area contributed by atoms with Crippen LogP contribution in [0.25, 0.3) is 0 Å². The molecule has 2 aliphatic heterocycles. The molecule has 2 atom stereocenters. The summed E-state index contributed by atoms with van der Waals surface area (Å²) in [6.07, 6.45) is 7.29. The second kappa shape index (κ2) is 16.6. The van der Waals surface area contributed by atoms with Crippen molar-refractivity contribution < 1.29 is 9.47 Å². The summed E-state index contributed by atoms with van der Waals surface area (Å²) < 4.78 is 11.2. The summed E-state index contributed by atoms with van der Waals surface area (Å²) in [6.45, 7) is 15.3. The van der Waals surface area contributed by atoms with E-state index in [4.69, 9.17) is 14.5 Å². The van der Waals surface area contributed by atoms with Crippen molar-refractivity contribution in [2.24, 2.45) is 16.8 Å². The SMILES string of the molecule is CCNC(=NCC(C(CC)CC)N1CCCC1)NCCCOCC1CCOC1.I. The zero-order valence-corrected chi connectivity index (χ0v) is 21.3. The van der Waals surface area contributed by atoms with E-state index in [1.807, 2.05) is 0 Å². The Kier molecular flexibility index (Phi) is 15.4. The lowest BCUT2D eigenvalue weighted by Gasteiger charge is -2.32. The first-order valence-electron chi connectivity index (χ1n) is 11.7. The van der Waals surface area contributed by atoms with Crippen molar-refractivity contribution >= 4 is 29.9 Å². The van der Waals surface area contributed by atoms with Crippen LogP contribution in [-0.2, 0) is 9.47 Å². The van der Waals surface area contributed by atoms with E-state index in [9.17, 15) is 0 Å². The topological polar surface area (TPSA) is 58.1 Å². The molecule has 0 saturated carbocycles. The smallest absolute Gasteiger partial charge is 0.191 e. The van der Waals surface area contributed by atoms with Gasteiger partial charge >= 0.3 is 0 Å². The van der Waals surface area contributed by atoms with Crippen LogP contribution in [0.4, 0.5) is 0 Å². The molecule has 6 nitrogen and oxygen atoms in total. The molecule has 2 aliphatic rings. The molecule has 2 unspecified atom stereocenters. The lowest BCUT2D eigenvalue weighted by atomic mass is 9.93. The third-order valence-electron chi connectivity index (χ3n) is 6.12. The summed E-state index contributed by atoms with van der Waals surface area (Å²) in [4.78, 5) is 7.62. The molecule has 29 heavy (non-hydrogen) atoms. The number of aliphatic imine (C=N–C) groups is 1. The van der Waals surface area contributed by atoms with Crippen molar-refractivity contribution in [3.63, 3.8) is 0 Å². The number of hydrogen-bond donors (Lipinski definition) is 2. The van der Waals surface area contributed by atoms with Crippen LogP contribution >= 0.6 is 24.0 Å². The van der Waals surface area contributed by atoms with Crippen LogP contribution in [0, 0.1) is 11.8 Å². The molecular formula is C22H45IN4O2. The Morgan fingerprint density at radius 2 is 1.93 bits per heavy atom. The minimum Gasteiger partial charge on any atom is -0.381 e. The third kappa shape index (κ3) is 10.2. The molecule has 172 valence electrons. The molecule has 0 spiro atoms. The van der Waals surface area contributed by atoms with Crippen LogP contribution in [0.15, 0.2) is 4.99 Å². The Hall–Kier alpha value is -0.120. The van der Waals surface area contributed by atoms with Crippen molar-refractivity contribution in [2.45, 2.75) is 65.3 Å². The van der Waals surface area contributed by atoms with Gasteiger partial charge in [0.15, 0.2) is 5.96 Å². The number of nitrogens with zero attached hydrogens (tertiary/aromatic N) is 2. The maximum atomic E-state index is 5.80. The van der Waals surface area contributed by atoms with Gasteiger partial charge in [0.1, 0.15) is 0 Å². The Balaban J connectivity index is 0.00000420. The Labute approximate surface area is 196 Å². The zero-order chi connectivity index (χ0) is 20.0. The van der Waals surface area contributed by atoms with Gasteiger partial charge < -0.3 is 20.1 Å². The number of ether oxygens (including phenoxy) is 2. The van der Waals surface area contributed by atoms with Gasteiger partial charge in [-0.1, -0.05) is 26.7 Å². The summed E-state index contributed by atoms with van der Waals surface area (Å²) >= 11 is 0. The molecule has 2 saturated heterocycles. The molecule has 0 bridgehead atoms. The van der Waals surface area contributed by atoms with E-state index in [1.54, 1.807) is 0 Å². The molecule has 0 aliphatic carbocycles. The van der Waals surface area contributed by atoms with Gasteiger partial charge in [-0.05, 0) is 51.6 Å². The van der Waals surface area contributed by atoms with Crippen LogP contribution in [-0.4, -0.2) is 76.1 Å². The van der Waals surface area contributed by atoms with Crippen molar-refractivity contribution in [2.75, 3.05) is 59.2 Å². The molecule has 0 radical (unpaired) electrons. The average Bonchev–Trinajstić information content (AvgIpc) is 3.41. The highest BCUT2D eigenvalue weighted by Crippen LogP contribution is 2.23. The molecule has 7 heteroatoms. The molecule has 2 rings (SSSR count). The van der Waals surface area contributed by atoms with Gasteiger partial charge in [0.05, 0.1) is 19.8 Å².